The quantitative estimate of drug-likeness (QED) is 0.688. The van der Waals surface area contributed by atoms with Crippen LogP contribution in [0.4, 0.5) is 16.0 Å². The van der Waals surface area contributed by atoms with Crippen LogP contribution in [0.25, 0.3) is 11.1 Å². The standard InChI is InChI=1S/C21H20ClFN4/c22-17-4-1-3-15(13-17)16-5-6-20(19(23)14-16)26-18-7-11-27(12-8-18)21-24-9-2-10-25-21/h1-6,9-10,13-14,18,26H,7-8,11-12H2. The number of piperidine rings is 1. The van der Waals surface area contributed by atoms with E-state index in [0.717, 1.165) is 43.0 Å². The first kappa shape index (κ1) is 17.7. The predicted molar refractivity (Wildman–Crippen MR) is 108 cm³/mol. The van der Waals surface area contributed by atoms with Crippen molar-refractivity contribution in [1.29, 1.82) is 0 Å². The first-order valence-corrected chi connectivity index (χ1v) is 9.41. The van der Waals surface area contributed by atoms with Gasteiger partial charge in [0.25, 0.3) is 0 Å². The minimum absolute atomic E-state index is 0.233. The van der Waals surface area contributed by atoms with Crippen LogP contribution in [0.1, 0.15) is 12.8 Å². The molecule has 0 unspecified atom stereocenters. The van der Waals surface area contributed by atoms with E-state index in [1.54, 1.807) is 24.5 Å². The summed E-state index contributed by atoms with van der Waals surface area (Å²) in [6.07, 6.45) is 5.33. The molecular formula is C21H20ClFN4. The summed E-state index contributed by atoms with van der Waals surface area (Å²) in [5.74, 6) is 0.509. The normalized spacial score (nSPS) is 15.0. The van der Waals surface area contributed by atoms with Crippen LogP contribution >= 0.6 is 11.6 Å². The Balaban J connectivity index is 1.40. The van der Waals surface area contributed by atoms with Gasteiger partial charge >= 0.3 is 0 Å². The van der Waals surface area contributed by atoms with Crippen LogP contribution in [0, 0.1) is 5.82 Å². The van der Waals surface area contributed by atoms with Crippen LogP contribution < -0.4 is 10.2 Å². The molecule has 1 aromatic heterocycles. The highest BCUT2D eigenvalue weighted by Gasteiger charge is 2.21. The van der Waals surface area contributed by atoms with Gasteiger partial charge in [0.2, 0.25) is 5.95 Å². The number of aromatic nitrogens is 2. The maximum absolute atomic E-state index is 14.6. The summed E-state index contributed by atoms with van der Waals surface area (Å²) in [6.45, 7) is 1.70. The monoisotopic (exact) mass is 382 g/mol. The van der Waals surface area contributed by atoms with Crippen molar-refractivity contribution in [2.45, 2.75) is 18.9 Å². The minimum Gasteiger partial charge on any atom is -0.380 e. The van der Waals surface area contributed by atoms with Crippen molar-refractivity contribution >= 4 is 23.2 Å². The molecule has 1 saturated heterocycles. The lowest BCUT2D eigenvalue weighted by Gasteiger charge is -2.32. The SMILES string of the molecule is Fc1cc(-c2cccc(Cl)c2)ccc1NC1CCN(c2ncccn2)CC1. The number of anilines is 2. The van der Waals surface area contributed by atoms with E-state index < -0.39 is 0 Å². The second-order valence-electron chi connectivity index (χ2n) is 6.66. The minimum atomic E-state index is -0.249. The van der Waals surface area contributed by atoms with E-state index in [1.165, 1.54) is 0 Å². The molecule has 138 valence electrons. The lowest BCUT2D eigenvalue weighted by molar-refractivity contribution is 0.516. The fourth-order valence-electron chi connectivity index (χ4n) is 3.38. The van der Waals surface area contributed by atoms with Gasteiger partial charge in [0.15, 0.2) is 0 Å². The van der Waals surface area contributed by atoms with Crippen molar-refractivity contribution in [3.05, 3.63) is 71.8 Å². The van der Waals surface area contributed by atoms with E-state index in [-0.39, 0.29) is 11.9 Å². The number of nitrogens with zero attached hydrogens (tertiary/aromatic N) is 3. The summed E-state index contributed by atoms with van der Waals surface area (Å²) in [5.41, 5.74) is 2.26. The number of halogens is 2. The molecule has 6 heteroatoms. The Kier molecular flexibility index (Phi) is 5.21. The lowest BCUT2D eigenvalue weighted by atomic mass is 10.0. The molecule has 1 aliphatic heterocycles. The van der Waals surface area contributed by atoms with Crippen LogP contribution in [-0.2, 0) is 0 Å². The summed E-state index contributed by atoms with van der Waals surface area (Å²) in [7, 11) is 0. The molecule has 1 fully saturated rings. The molecule has 1 N–H and O–H groups in total. The van der Waals surface area contributed by atoms with E-state index in [2.05, 4.69) is 20.2 Å². The fourth-order valence-corrected chi connectivity index (χ4v) is 3.57. The maximum atomic E-state index is 14.6. The Morgan fingerprint density at radius 2 is 1.70 bits per heavy atom. The van der Waals surface area contributed by atoms with Gasteiger partial charge in [-0.05, 0) is 54.3 Å². The zero-order chi connectivity index (χ0) is 18.6. The van der Waals surface area contributed by atoms with E-state index in [9.17, 15) is 4.39 Å². The highest BCUT2D eigenvalue weighted by Crippen LogP contribution is 2.27. The Bertz CT molecular complexity index is 911. The van der Waals surface area contributed by atoms with Gasteiger partial charge < -0.3 is 10.2 Å². The second kappa shape index (κ2) is 7.92. The summed E-state index contributed by atoms with van der Waals surface area (Å²) in [4.78, 5) is 10.8. The predicted octanol–water partition coefficient (Wildman–Crippen LogP) is 5.02. The van der Waals surface area contributed by atoms with Crippen molar-refractivity contribution in [1.82, 2.24) is 9.97 Å². The summed E-state index contributed by atoms with van der Waals surface area (Å²) < 4.78 is 14.6. The molecule has 0 aliphatic carbocycles. The van der Waals surface area contributed by atoms with Crippen LogP contribution in [-0.4, -0.2) is 29.1 Å². The third-order valence-corrected chi connectivity index (χ3v) is 5.05. The topological polar surface area (TPSA) is 41.0 Å². The molecule has 4 nitrogen and oxygen atoms in total. The molecule has 2 heterocycles. The largest absolute Gasteiger partial charge is 0.380 e. The highest BCUT2D eigenvalue weighted by atomic mass is 35.5. The molecule has 2 aromatic carbocycles. The molecular weight excluding hydrogens is 363 g/mol. The summed E-state index contributed by atoms with van der Waals surface area (Å²) in [6, 6.07) is 14.8. The smallest absolute Gasteiger partial charge is 0.225 e. The Morgan fingerprint density at radius 3 is 2.41 bits per heavy atom. The highest BCUT2D eigenvalue weighted by molar-refractivity contribution is 6.30. The van der Waals surface area contributed by atoms with Crippen molar-refractivity contribution < 1.29 is 4.39 Å². The van der Waals surface area contributed by atoms with Gasteiger partial charge in [0.1, 0.15) is 5.82 Å². The number of benzene rings is 2. The van der Waals surface area contributed by atoms with Crippen LogP contribution in [0.2, 0.25) is 5.02 Å². The average Bonchev–Trinajstić information content (AvgIpc) is 2.71. The maximum Gasteiger partial charge on any atom is 0.225 e. The van der Waals surface area contributed by atoms with Crippen LogP contribution in [0.15, 0.2) is 60.9 Å². The third kappa shape index (κ3) is 4.19. The summed E-state index contributed by atoms with van der Waals surface area (Å²) in [5, 5.41) is 3.99. The van der Waals surface area contributed by atoms with Crippen molar-refractivity contribution in [3.63, 3.8) is 0 Å². The zero-order valence-electron chi connectivity index (χ0n) is 14.8. The molecule has 1 aliphatic rings. The molecule has 0 atom stereocenters. The average molecular weight is 383 g/mol. The molecule has 0 amide bonds. The van der Waals surface area contributed by atoms with Gasteiger partial charge in [0, 0.05) is 36.5 Å². The summed E-state index contributed by atoms with van der Waals surface area (Å²) >= 11 is 6.03. The molecule has 0 spiro atoms. The van der Waals surface area contributed by atoms with E-state index in [0.29, 0.717) is 10.7 Å². The van der Waals surface area contributed by atoms with Crippen LogP contribution in [0.5, 0.6) is 0 Å². The van der Waals surface area contributed by atoms with Gasteiger partial charge in [-0.15, -0.1) is 0 Å². The number of rotatable bonds is 4. The van der Waals surface area contributed by atoms with Gasteiger partial charge in [-0.1, -0.05) is 29.8 Å². The molecule has 4 rings (SSSR count). The Labute approximate surface area is 163 Å². The number of hydrogen-bond acceptors (Lipinski definition) is 4. The van der Waals surface area contributed by atoms with Gasteiger partial charge in [-0.25, -0.2) is 14.4 Å². The van der Waals surface area contributed by atoms with Crippen LogP contribution in [0.3, 0.4) is 0 Å². The Hall–Kier alpha value is -2.66. The third-order valence-electron chi connectivity index (χ3n) is 4.82. The van der Waals surface area contributed by atoms with E-state index in [4.69, 9.17) is 11.6 Å². The van der Waals surface area contributed by atoms with Crippen molar-refractivity contribution in [3.8, 4) is 11.1 Å². The fraction of sp³-hybridized carbons (Fsp3) is 0.238. The molecule has 0 saturated carbocycles. The van der Waals surface area contributed by atoms with Crippen molar-refractivity contribution in [2.75, 3.05) is 23.3 Å². The number of nitrogens with one attached hydrogen (secondary N) is 1. The van der Waals surface area contributed by atoms with Gasteiger partial charge in [-0.2, -0.15) is 0 Å². The zero-order valence-corrected chi connectivity index (χ0v) is 15.5. The molecule has 0 bridgehead atoms. The van der Waals surface area contributed by atoms with Crippen molar-refractivity contribution in [2.24, 2.45) is 0 Å². The molecule has 3 aromatic rings. The van der Waals surface area contributed by atoms with E-state index >= 15 is 0 Å². The lowest BCUT2D eigenvalue weighted by Crippen LogP contribution is -2.40. The Morgan fingerprint density at radius 1 is 0.963 bits per heavy atom. The molecule has 0 radical (unpaired) electrons. The van der Waals surface area contributed by atoms with E-state index in [1.807, 2.05) is 36.4 Å². The second-order valence-corrected chi connectivity index (χ2v) is 7.10. The first-order valence-electron chi connectivity index (χ1n) is 9.03. The number of hydrogen-bond donors (Lipinski definition) is 1. The first-order chi connectivity index (χ1) is 13.2. The van der Waals surface area contributed by atoms with Gasteiger partial charge in [-0.3, -0.25) is 0 Å². The molecule has 27 heavy (non-hydrogen) atoms. The van der Waals surface area contributed by atoms with Gasteiger partial charge in [0.05, 0.1) is 5.69 Å².